The second-order valence-corrected chi connectivity index (χ2v) is 7.35. The van der Waals surface area contributed by atoms with Crippen LogP contribution >= 0.6 is 0 Å². The lowest BCUT2D eigenvalue weighted by molar-refractivity contribution is -0.116. The second kappa shape index (κ2) is 8.89. The van der Waals surface area contributed by atoms with Gasteiger partial charge in [-0.1, -0.05) is 30.3 Å². The number of anilines is 1. The Kier molecular flexibility index (Phi) is 5.85. The maximum Gasteiger partial charge on any atom is 0.333 e. The summed E-state index contributed by atoms with van der Waals surface area (Å²) >= 11 is 0. The third-order valence-electron chi connectivity index (χ3n) is 5.20. The molecule has 0 saturated carbocycles. The highest BCUT2D eigenvalue weighted by atomic mass is 16.5. The van der Waals surface area contributed by atoms with Crippen molar-refractivity contribution in [2.24, 2.45) is 0 Å². The van der Waals surface area contributed by atoms with Gasteiger partial charge in [-0.3, -0.25) is 18.7 Å². The van der Waals surface area contributed by atoms with Gasteiger partial charge in [-0.2, -0.15) is 0 Å². The van der Waals surface area contributed by atoms with Crippen LogP contribution in [0.15, 0.2) is 76.4 Å². The van der Waals surface area contributed by atoms with E-state index in [0.29, 0.717) is 11.4 Å². The van der Waals surface area contributed by atoms with Crippen LogP contribution in [0.3, 0.4) is 0 Å². The molecule has 8 heteroatoms. The third kappa shape index (κ3) is 4.15. The number of fused-ring (bicyclic) bond motifs is 1. The Morgan fingerprint density at radius 2 is 1.75 bits per heavy atom. The fraction of sp³-hybridized carbons (Fsp3) is 0.167. The maximum atomic E-state index is 13.3. The Morgan fingerprint density at radius 3 is 2.47 bits per heavy atom. The van der Waals surface area contributed by atoms with E-state index < -0.39 is 11.2 Å². The Bertz CT molecular complexity index is 1400. The molecule has 32 heavy (non-hydrogen) atoms. The molecule has 0 bridgehead atoms. The Labute approximate surface area is 183 Å². The number of carbonyl (C=O) groups is 1. The van der Waals surface area contributed by atoms with E-state index in [9.17, 15) is 14.4 Å². The zero-order valence-electron chi connectivity index (χ0n) is 17.7. The number of nitrogens with one attached hydrogen (secondary N) is 1. The number of pyridine rings is 1. The van der Waals surface area contributed by atoms with Crippen LogP contribution in [0.25, 0.3) is 11.0 Å². The molecule has 2 aromatic heterocycles. The van der Waals surface area contributed by atoms with Crippen LogP contribution < -0.4 is 21.3 Å². The third-order valence-corrected chi connectivity index (χ3v) is 5.20. The molecule has 1 amide bonds. The summed E-state index contributed by atoms with van der Waals surface area (Å²) in [4.78, 5) is 43.3. The number of benzene rings is 2. The molecule has 0 radical (unpaired) electrons. The molecule has 0 atom stereocenters. The average Bonchev–Trinajstić information content (AvgIpc) is 2.81. The Balaban J connectivity index is 1.74. The minimum absolute atomic E-state index is 0.0614. The summed E-state index contributed by atoms with van der Waals surface area (Å²) in [7, 11) is 1.57. The van der Waals surface area contributed by atoms with Gasteiger partial charge in [0.15, 0.2) is 0 Å². The van der Waals surface area contributed by atoms with E-state index in [-0.39, 0.29) is 30.0 Å². The van der Waals surface area contributed by atoms with Gasteiger partial charge in [0, 0.05) is 11.9 Å². The van der Waals surface area contributed by atoms with Crippen LogP contribution in [0.1, 0.15) is 11.1 Å². The van der Waals surface area contributed by atoms with Crippen molar-refractivity contribution >= 4 is 22.6 Å². The number of hydrogen-bond donors (Lipinski definition) is 1. The number of nitrogens with zero attached hydrogens (tertiary/aromatic N) is 3. The van der Waals surface area contributed by atoms with Crippen molar-refractivity contribution in [1.82, 2.24) is 14.1 Å². The van der Waals surface area contributed by atoms with E-state index in [4.69, 9.17) is 4.74 Å². The van der Waals surface area contributed by atoms with Gasteiger partial charge in [-0.15, -0.1) is 0 Å². The highest BCUT2D eigenvalue weighted by Crippen LogP contribution is 2.14. The van der Waals surface area contributed by atoms with Crippen molar-refractivity contribution in [1.29, 1.82) is 0 Å². The zero-order chi connectivity index (χ0) is 22.7. The first kappa shape index (κ1) is 21.0. The molecule has 2 heterocycles. The molecule has 0 aliphatic rings. The van der Waals surface area contributed by atoms with Gasteiger partial charge in [0.25, 0.3) is 5.56 Å². The molecular formula is C24H22N4O4. The van der Waals surface area contributed by atoms with Crippen LogP contribution in [-0.4, -0.2) is 27.1 Å². The lowest BCUT2D eigenvalue weighted by Crippen LogP contribution is -2.42. The number of rotatable bonds is 6. The first-order valence-corrected chi connectivity index (χ1v) is 10.0. The fourth-order valence-electron chi connectivity index (χ4n) is 3.49. The second-order valence-electron chi connectivity index (χ2n) is 7.35. The van der Waals surface area contributed by atoms with Crippen LogP contribution in [0, 0.1) is 6.92 Å². The highest BCUT2D eigenvalue weighted by molar-refractivity contribution is 5.92. The zero-order valence-corrected chi connectivity index (χ0v) is 17.7. The van der Waals surface area contributed by atoms with Gasteiger partial charge in [-0.05, 0) is 48.4 Å². The average molecular weight is 430 g/mol. The summed E-state index contributed by atoms with van der Waals surface area (Å²) in [6, 6.07) is 17.7. The van der Waals surface area contributed by atoms with Gasteiger partial charge in [0.1, 0.15) is 17.9 Å². The van der Waals surface area contributed by atoms with Gasteiger partial charge < -0.3 is 10.1 Å². The molecule has 4 aromatic rings. The van der Waals surface area contributed by atoms with Crippen LogP contribution in [-0.2, 0) is 17.9 Å². The standard InChI is InChI=1S/C24H22N4O4/c1-16-6-3-4-8-20(16)26-21(29)15-27-22-19(7-5-13-25-22)23(30)28(24(27)31)14-17-9-11-18(32-2)12-10-17/h3-13H,14-15H2,1-2H3,(H,26,29). The molecule has 0 aliphatic carbocycles. The van der Waals surface area contributed by atoms with E-state index in [1.165, 1.54) is 10.8 Å². The van der Waals surface area contributed by atoms with E-state index in [2.05, 4.69) is 10.3 Å². The minimum atomic E-state index is -0.600. The smallest absolute Gasteiger partial charge is 0.333 e. The van der Waals surface area contributed by atoms with Crippen LogP contribution in [0.5, 0.6) is 5.75 Å². The molecule has 2 aromatic carbocycles. The molecule has 0 spiro atoms. The lowest BCUT2D eigenvalue weighted by Gasteiger charge is -2.14. The minimum Gasteiger partial charge on any atom is -0.497 e. The number of amides is 1. The molecule has 1 N–H and O–H groups in total. The summed E-state index contributed by atoms with van der Waals surface area (Å²) < 4.78 is 7.51. The van der Waals surface area contributed by atoms with Gasteiger partial charge in [0.05, 0.1) is 19.0 Å². The van der Waals surface area contributed by atoms with Crippen molar-refractivity contribution in [3.63, 3.8) is 0 Å². The Morgan fingerprint density at radius 1 is 1.00 bits per heavy atom. The maximum absolute atomic E-state index is 13.3. The first-order valence-electron chi connectivity index (χ1n) is 10.0. The van der Waals surface area contributed by atoms with Crippen molar-refractivity contribution < 1.29 is 9.53 Å². The topological polar surface area (TPSA) is 95.2 Å². The molecular weight excluding hydrogens is 408 g/mol. The number of aromatic nitrogens is 3. The van der Waals surface area contributed by atoms with Crippen molar-refractivity contribution in [3.8, 4) is 5.75 Å². The van der Waals surface area contributed by atoms with Crippen molar-refractivity contribution in [2.45, 2.75) is 20.0 Å². The normalized spacial score (nSPS) is 10.8. The number of para-hydroxylation sites is 1. The number of carbonyl (C=O) groups excluding carboxylic acids is 1. The monoisotopic (exact) mass is 430 g/mol. The summed E-state index contributed by atoms with van der Waals surface area (Å²) in [5.74, 6) is 0.289. The summed E-state index contributed by atoms with van der Waals surface area (Å²) in [6.45, 7) is 1.67. The molecule has 162 valence electrons. The molecule has 0 aliphatic heterocycles. The predicted molar refractivity (Wildman–Crippen MR) is 122 cm³/mol. The van der Waals surface area contributed by atoms with Crippen molar-refractivity contribution in [2.75, 3.05) is 12.4 Å². The largest absolute Gasteiger partial charge is 0.497 e. The quantitative estimate of drug-likeness (QED) is 0.507. The number of methoxy groups -OCH3 is 1. The summed E-state index contributed by atoms with van der Waals surface area (Å²) in [5, 5.41) is 3.09. The molecule has 0 saturated heterocycles. The lowest BCUT2D eigenvalue weighted by atomic mass is 10.2. The fourth-order valence-corrected chi connectivity index (χ4v) is 3.49. The summed E-state index contributed by atoms with van der Waals surface area (Å²) in [5.41, 5.74) is 1.44. The van der Waals surface area contributed by atoms with Gasteiger partial charge in [-0.25, -0.2) is 9.78 Å². The van der Waals surface area contributed by atoms with Gasteiger partial charge >= 0.3 is 5.69 Å². The van der Waals surface area contributed by atoms with E-state index >= 15 is 0 Å². The highest BCUT2D eigenvalue weighted by Gasteiger charge is 2.17. The number of ether oxygens (including phenoxy) is 1. The predicted octanol–water partition coefficient (Wildman–Crippen LogP) is 2.56. The molecule has 8 nitrogen and oxygen atoms in total. The summed E-state index contributed by atoms with van der Waals surface area (Å²) in [6.07, 6.45) is 1.49. The van der Waals surface area contributed by atoms with Crippen LogP contribution in [0.2, 0.25) is 0 Å². The number of hydrogen-bond acceptors (Lipinski definition) is 5. The van der Waals surface area contributed by atoms with E-state index in [0.717, 1.165) is 15.7 Å². The van der Waals surface area contributed by atoms with E-state index in [1.54, 1.807) is 49.6 Å². The SMILES string of the molecule is COc1ccc(Cn2c(=O)c3cccnc3n(CC(=O)Nc3ccccc3C)c2=O)cc1. The number of aryl methyl sites for hydroxylation is 1. The molecule has 0 fully saturated rings. The van der Waals surface area contributed by atoms with Crippen molar-refractivity contribution in [3.05, 3.63) is 98.8 Å². The Hall–Kier alpha value is -4.20. The molecule has 4 rings (SSSR count). The van der Waals surface area contributed by atoms with Gasteiger partial charge in [0.2, 0.25) is 5.91 Å². The van der Waals surface area contributed by atoms with E-state index in [1.807, 2.05) is 25.1 Å². The first-order chi connectivity index (χ1) is 15.5. The van der Waals surface area contributed by atoms with Crippen LogP contribution in [0.4, 0.5) is 5.69 Å². The molecule has 0 unspecified atom stereocenters.